The van der Waals surface area contributed by atoms with Crippen LogP contribution in [0.1, 0.15) is 27.7 Å². The van der Waals surface area contributed by atoms with Crippen molar-refractivity contribution in [1.29, 1.82) is 0 Å². The lowest BCUT2D eigenvalue weighted by Crippen LogP contribution is -2.45. The van der Waals surface area contributed by atoms with Gasteiger partial charge < -0.3 is 9.64 Å². The second-order valence-corrected chi connectivity index (χ2v) is 7.54. The fourth-order valence-corrected chi connectivity index (χ4v) is 4.19. The van der Waals surface area contributed by atoms with Crippen molar-refractivity contribution in [2.75, 3.05) is 31.1 Å². The second-order valence-electron chi connectivity index (χ2n) is 5.60. The Morgan fingerprint density at radius 1 is 1.23 bits per heavy atom. The fourth-order valence-electron chi connectivity index (χ4n) is 2.79. The number of aromatic nitrogens is 1. The van der Waals surface area contributed by atoms with E-state index in [1.165, 1.54) is 10.5 Å². The average molecular weight is 327 g/mol. The standard InChI is InChI=1S/C15H25N3O3S/c1-5-18(6-2)22(19,20)14-7-8-15(16-9-14)17-10-12(3)21-13(4)11-17/h7-9,12-13H,5-6,10-11H2,1-4H3. The number of morpholine rings is 1. The molecular weight excluding hydrogens is 302 g/mol. The molecule has 7 heteroatoms. The number of rotatable bonds is 5. The molecule has 2 heterocycles. The van der Waals surface area contributed by atoms with Gasteiger partial charge in [0.15, 0.2) is 0 Å². The molecule has 1 aromatic heterocycles. The molecule has 1 aliphatic heterocycles. The second kappa shape index (κ2) is 6.93. The van der Waals surface area contributed by atoms with Gasteiger partial charge in [0.1, 0.15) is 10.7 Å². The van der Waals surface area contributed by atoms with Crippen molar-refractivity contribution < 1.29 is 13.2 Å². The van der Waals surface area contributed by atoms with Crippen molar-refractivity contribution in [1.82, 2.24) is 9.29 Å². The minimum Gasteiger partial charge on any atom is -0.372 e. The predicted octanol–water partition coefficient (Wildman–Crippen LogP) is 1.73. The molecule has 1 saturated heterocycles. The van der Waals surface area contributed by atoms with Gasteiger partial charge >= 0.3 is 0 Å². The quantitative estimate of drug-likeness (QED) is 0.824. The van der Waals surface area contributed by atoms with Gasteiger partial charge in [-0.15, -0.1) is 0 Å². The maximum atomic E-state index is 12.4. The molecule has 2 atom stereocenters. The number of hydrogen-bond donors (Lipinski definition) is 0. The summed E-state index contributed by atoms with van der Waals surface area (Å²) in [6.07, 6.45) is 1.74. The van der Waals surface area contributed by atoms with Gasteiger partial charge in [-0.1, -0.05) is 13.8 Å². The first kappa shape index (κ1) is 17.2. The summed E-state index contributed by atoms with van der Waals surface area (Å²) in [5.41, 5.74) is 0. The Morgan fingerprint density at radius 2 is 1.82 bits per heavy atom. The van der Waals surface area contributed by atoms with Gasteiger partial charge in [-0.05, 0) is 26.0 Å². The lowest BCUT2D eigenvalue weighted by atomic mass is 10.2. The molecule has 2 unspecified atom stereocenters. The molecule has 0 N–H and O–H groups in total. The van der Waals surface area contributed by atoms with Crippen LogP contribution in [0.25, 0.3) is 0 Å². The van der Waals surface area contributed by atoms with Crippen molar-refractivity contribution in [2.45, 2.75) is 44.8 Å². The Balaban J connectivity index is 2.20. The molecule has 0 amide bonds. The van der Waals surface area contributed by atoms with E-state index in [2.05, 4.69) is 9.88 Å². The molecule has 0 bridgehead atoms. The molecule has 0 aromatic carbocycles. The molecule has 1 fully saturated rings. The van der Waals surface area contributed by atoms with Gasteiger partial charge in [0.2, 0.25) is 10.0 Å². The summed E-state index contributed by atoms with van der Waals surface area (Å²) >= 11 is 0. The summed E-state index contributed by atoms with van der Waals surface area (Å²) in [7, 11) is -3.44. The zero-order chi connectivity index (χ0) is 16.3. The SMILES string of the molecule is CCN(CC)S(=O)(=O)c1ccc(N2CC(C)OC(C)C2)nc1. The highest BCUT2D eigenvalue weighted by molar-refractivity contribution is 7.89. The van der Waals surface area contributed by atoms with E-state index in [4.69, 9.17) is 4.74 Å². The van der Waals surface area contributed by atoms with Gasteiger partial charge in [-0.3, -0.25) is 0 Å². The van der Waals surface area contributed by atoms with Crippen LogP contribution < -0.4 is 4.90 Å². The number of anilines is 1. The summed E-state index contributed by atoms with van der Waals surface area (Å²) in [6, 6.07) is 3.42. The van der Waals surface area contributed by atoms with Crippen LogP contribution in [0.2, 0.25) is 0 Å². The number of pyridine rings is 1. The minimum absolute atomic E-state index is 0.143. The molecule has 0 radical (unpaired) electrons. The Morgan fingerprint density at radius 3 is 2.27 bits per heavy atom. The summed E-state index contributed by atoms with van der Waals surface area (Å²) < 4.78 is 32.0. The summed E-state index contributed by atoms with van der Waals surface area (Å²) in [6.45, 7) is 10.2. The van der Waals surface area contributed by atoms with E-state index < -0.39 is 10.0 Å². The Kier molecular flexibility index (Phi) is 5.41. The molecule has 22 heavy (non-hydrogen) atoms. The number of hydrogen-bond acceptors (Lipinski definition) is 5. The highest BCUT2D eigenvalue weighted by atomic mass is 32.2. The molecular formula is C15H25N3O3S. The molecule has 0 spiro atoms. The number of nitrogens with zero attached hydrogens (tertiary/aromatic N) is 3. The van der Waals surface area contributed by atoms with Crippen molar-refractivity contribution in [3.8, 4) is 0 Å². The van der Waals surface area contributed by atoms with Gasteiger partial charge in [-0.2, -0.15) is 4.31 Å². The number of ether oxygens (including phenoxy) is 1. The Bertz CT molecular complexity index is 575. The lowest BCUT2D eigenvalue weighted by molar-refractivity contribution is -0.00546. The van der Waals surface area contributed by atoms with E-state index >= 15 is 0 Å². The molecule has 0 saturated carbocycles. The first-order chi connectivity index (χ1) is 10.4. The van der Waals surface area contributed by atoms with E-state index in [-0.39, 0.29) is 17.1 Å². The molecule has 0 aliphatic carbocycles. The maximum Gasteiger partial charge on any atom is 0.244 e. The maximum absolute atomic E-state index is 12.4. The predicted molar refractivity (Wildman–Crippen MR) is 86.6 cm³/mol. The lowest BCUT2D eigenvalue weighted by Gasteiger charge is -2.36. The third kappa shape index (κ3) is 3.59. The van der Waals surface area contributed by atoms with E-state index in [1.807, 2.05) is 27.7 Å². The van der Waals surface area contributed by atoms with Crippen LogP contribution in [0, 0.1) is 0 Å². The smallest absolute Gasteiger partial charge is 0.244 e. The molecule has 6 nitrogen and oxygen atoms in total. The molecule has 124 valence electrons. The van der Waals surface area contributed by atoms with Gasteiger partial charge in [-0.25, -0.2) is 13.4 Å². The van der Waals surface area contributed by atoms with Crippen LogP contribution in [0.3, 0.4) is 0 Å². The van der Waals surface area contributed by atoms with Crippen LogP contribution in [0.5, 0.6) is 0 Å². The largest absolute Gasteiger partial charge is 0.372 e. The van der Waals surface area contributed by atoms with Crippen molar-refractivity contribution in [3.05, 3.63) is 18.3 Å². The van der Waals surface area contributed by atoms with E-state index in [0.717, 1.165) is 18.9 Å². The monoisotopic (exact) mass is 327 g/mol. The van der Waals surface area contributed by atoms with Gasteiger partial charge in [0.05, 0.1) is 12.2 Å². The topological polar surface area (TPSA) is 62.7 Å². The molecule has 2 rings (SSSR count). The van der Waals surface area contributed by atoms with Gasteiger partial charge in [0.25, 0.3) is 0 Å². The third-order valence-electron chi connectivity index (χ3n) is 3.81. The zero-order valence-corrected chi connectivity index (χ0v) is 14.5. The average Bonchev–Trinajstić information content (AvgIpc) is 2.47. The van der Waals surface area contributed by atoms with Crippen LogP contribution in [0.15, 0.2) is 23.2 Å². The van der Waals surface area contributed by atoms with Crippen LogP contribution >= 0.6 is 0 Å². The minimum atomic E-state index is -3.44. The highest BCUT2D eigenvalue weighted by Crippen LogP contribution is 2.21. The molecule has 1 aromatic rings. The Hall–Kier alpha value is -1.18. The van der Waals surface area contributed by atoms with E-state index in [9.17, 15) is 8.42 Å². The zero-order valence-electron chi connectivity index (χ0n) is 13.7. The van der Waals surface area contributed by atoms with Crippen LogP contribution in [-0.4, -0.2) is 56.1 Å². The van der Waals surface area contributed by atoms with Crippen molar-refractivity contribution in [3.63, 3.8) is 0 Å². The molecule has 1 aliphatic rings. The van der Waals surface area contributed by atoms with Crippen LogP contribution in [-0.2, 0) is 14.8 Å². The van der Waals surface area contributed by atoms with Crippen molar-refractivity contribution in [2.24, 2.45) is 0 Å². The fraction of sp³-hybridized carbons (Fsp3) is 0.667. The normalized spacial score (nSPS) is 23.0. The third-order valence-corrected chi connectivity index (χ3v) is 5.84. The Labute approximate surface area is 133 Å². The van der Waals surface area contributed by atoms with Crippen LogP contribution in [0.4, 0.5) is 5.82 Å². The van der Waals surface area contributed by atoms with Gasteiger partial charge in [0, 0.05) is 32.4 Å². The van der Waals surface area contributed by atoms with E-state index in [0.29, 0.717) is 13.1 Å². The number of sulfonamides is 1. The first-order valence-electron chi connectivity index (χ1n) is 7.75. The van der Waals surface area contributed by atoms with Crippen molar-refractivity contribution >= 4 is 15.8 Å². The summed E-state index contributed by atoms with van der Waals surface area (Å²) in [4.78, 5) is 6.73. The summed E-state index contributed by atoms with van der Waals surface area (Å²) in [5.74, 6) is 0.792. The first-order valence-corrected chi connectivity index (χ1v) is 9.19. The van der Waals surface area contributed by atoms with E-state index in [1.54, 1.807) is 12.1 Å². The highest BCUT2D eigenvalue weighted by Gasteiger charge is 2.25. The summed E-state index contributed by atoms with van der Waals surface area (Å²) in [5, 5.41) is 0.